The summed E-state index contributed by atoms with van der Waals surface area (Å²) in [7, 11) is -3.34. The molecule has 0 aliphatic carbocycles. The van der Waals surface area contributed by atoms with E-state index in [2.05, 4.69) is 5.16 Å². The zero-order chi connectivity index (χ0) is 20.6. The Morgan fingerprint density at radius 1 is 1.24 bits per heavy atom. The molecule has 4 rings (SSSR count). The van der Waals surface area contributed by atoms with Gasteiger partial charge < -0.3 is 9.42 Å². The monoisotopic (exact) mass is 450 g/mol. The Hall–Kier alpha value is -2.16. The highest BCUT2D eigenvalue weighted by molar-refractivity contribution is 7.91. The number of carbonyl (C=O) groups excluding carboxylic acids is 1. The van der Waals surface area contributed by atoms with Crippen molar-refractivity contribution in [3.05, 3.63) is 63.0 Å². The van der Waals surface area contributed by atoms with Gasteiger partial charge in [0.05, 0.1) is 16.0 Å². The van der Waals surface area contributed by atoms with Gasteiger partial charge in [0, 0.05) is 23.5 Å². The number of sulfone groups is 1. The van der Waals surface area contributed by atoms with Gasteiger partial charge in [-0.3, -0.25) is 4.79 Å². The summed E-state index contributed by atoms with van der Waals surface area (Å²) in [5.74, 6) is 0.0140. The first-order chi connectivity index (χ1) is 13.9. The normalized spacial score (nSPS) is 19.1. The zero-order valence-electron chi connectivity index (χ0n) is 15.7. The summed E-state index contributed by atoms with van der Waals surface area (Å²) in [5.41, 5.74) is 1.30. The first-order valence-corrected chi connectivity index (χ1v) is 12.1. The number of aryl methyl sites for hydroxylation is 1. The fourth-order valence-corrected chi connectivity index (χ4v) is 6.79. The highest BCUT2D eigenvalue weighted by atomic mass is 35.5. The maximum atomic E-state index is 13.3. The number of halogens is 1. The minimum Gasteiger partial charge on any atom is -0.360 e. The van der Waals surface area contributed by atoms with Gasteiger partial charge in [-0.15, -0.1) is 11.3 Å². The fourth-order valence-electron chi connectivity index (χ4n) is 3.56. The van der Waals surface area contributed by atoms with Crippen LogP contribution in [0.4, 0.5) is 0 Å². The van der Waals surface area contributed by atoms with Crippen molar-refractivity contribution in [1.82, 2.24) is 10.1 Å². The quantitative estimate of drug-likeness (QED) is 0.592. The summed E-state index contributed by atoms with van der Waals surface area (Å²) >= 11 is 7.72. The second-order valence-corrected chi connectivity index (χ2v) is 10.6. The highest BCUT2D eigenvalue weighted by Crippen LogP contribution is 2.35. The second-order valence-electron chi connectivity index (χ2n) is 6.89. The van der Waals surface area contributed by atoms with Gasteiger partial charge in [-0.25, -0.2) is 8.42 Å². The fraction of sp³-hybridized carbons (Fsp3) is 0.300. The molecule has 1 saturated heterocycles. The molecule has 0 N–H and O–H groups in total. The lowest BCUT2D eigenvalue weighted by molar-refractivity contribution is 0.0765. The maximum Gasteiger partial charge on any atom is 0.259 e. The molecule has 6 nitrogen and oxygen atoms in total. The van der Waals surface area contributed by atoms with Gasteiger partial charge in [0.2, 0.25) is 0 Å². The maximum absolute atomic E-state index is 13.3. The summed E-state index contributed by atoms with van der Waals surface area (Å²) in [6.45, 7) is 2.15. The van der Waals surface area contributed by atoms with Crippen molar-refractivity contribution in [3.8, 4) is 11.3 Å². The van der Waals surface area contributed by atoms with E-state index in [1.165, 1.54) is 11.3 Å². The first-order valence-electron chi connectivity index (χ1n) is 9.14. The number of thiophene rings is 1. The SMILES string of the molecule is Cc1onc(-c2ccccc2Cl)c1C(=O)N1CCC(c2cccs2)S(=O)(=O)CC1. The molecule has 29 heavy (non-hydrogen) atoms. The third kappa shape index (κ3) is 3.84. The molecule has 9 heteroatoms. The Morgan fingerprint density at radius 3 is 2.76 bits per heavy atom. The van der Waals surface area contributed by atoms with Gasteiger partial charge in [0.25, 0.3) is 5.91 Å². The largest absolute Gasteiger partial charge is 0.360 e. The molecule has 3 heterocycles. The van der Waals surface area contributed by atoms with E-state index in [-0.39, 0.29) is 18.2 Å². The van der Waals surface area contributed by atoms with Crippen LogP contribution in [-0.2, 0) is 9.84 Å². The predicted octanol–water partition coefficient (Wildman–Crippen LogP) is 4.37. The van der Waals surface area contributed by atoms with Gasteiger partial charge in [-0.05, 0) is 30.9 Å². The van der Waals surface area contributed by atoms with Crippen LogP contribution >= 0.6 is 22.9 Å². The Labute approximate surface area is 178 Å². The van der Waals surface area contributed by atoms with Gasteiger partial charge in [0.1, 0.15) is 17.0 Å². The third-order valence-electron chi connectivity index (χ3n) is 5.09. The number of hydrogen-bond donors (Lipinski definition) is 0. The topological polar surface area (TPSA) is 80.5 Å². The average Bonchev–Trinajstić information content (AvgIpc) is 3.31. The van der Waals surface area contributed by atoms with Crippen LogP contribution in [-0.4, -0.2) is 43.2 Å². The molecule has 1 unspecified atom stereocenters. The van der Waals surface area contributed by atoms with Gasteiger partial charge >= 0.3 is 0 Å². The molecule has 1 aliphatic rings. The van der Waals surface area contributed by atoms with Crippen LogP contribution in [0.15, 0.2) is 46.3 Å². The number of benzene rings is 1. The molecule has 1 amide bonds. The number of hydrogen-bond acceptors (Lipinski definition) is 6. The number of nitrogens with zero attached hydrogens (tertiary/aromatic N) is 2. The third-order valence-corrected chi connectivity index (χ3v) is 8.67. The molecule has 0 saturated carbocycles. The Balaban J connectivity index is 1.65. The van der Waals surface area contributed by atoms with Crippen molar-refractivity contribution >= 4 is 38.7 Å². The smallest absolute Gasteiger partial charge is 0.259 e. The number of aromatic nitrogens is 1. The average molecular weight is 451 g/mol. The highest BCUT2D eigenvalue weighted by Gasteiger charge is 2.35. The molecular formula is C20H19ClN2O4S2. The van der Waals surface area contributed by atoms with Crippen molar-refractivity contribution in [1.29, 1.82) is 0 Å². The van der Waals surface area contributed by atoms with E-state index in [0.717, 1.165) is 4.88 Å². The van der Waals surface area contributed by atoms with Crippen LogP contribution in [0.2, 0.25) is 5.02 Å². The van der Waals surface area contributed by atoms with Crippen LogP contribution in [0.25, 0.3) is 11.3 Å². The molecular weight excluding hydrogens is 432 g/mol. The van der Waals surface area contributed by atoms with Gasteiger partial charge in [-0.2, -0.15) is 0 Å². The van der Waals surface area contributed by atoms with Gasteiger partial charge in [-0.1, -0.05) is 41.0 Å². The van der Waals surface area contributed by atoms with E-state index in [0.29, 0.717) is 40.6 Å². The van der Waals surface area contributed by atoms with Crippen molar-refractivity contribution in [2.45, 2.75) is 18.6 Å². The summed E-state index contributed by atoms with van der Waals surface area (Å²) in [4.78, 5) is 15.7. The van der Waals surface area contributed by atoms with E-state index in [4.69, 9.17) is 16.1 Å². The molecule has 152 valence electrons. The van der Waals surface area contributed by atoms with Crippen LogP contribution < -0.4 is 0 Å². The van der Waals surface area contributed by atoms with E-state index >= 15 is 0 Å². The second kappa shape index (κ2) is 7.93. The summed E-state index contributed by atoms with van der Waals surface area (Å²) in [6.07, 6.45) is 0.361. The molecule has 1 aromatic carbocycles. The lowest BCUT2D eigenvalue weighted by Gasteiger charge is -2.20. The molecule has 3 aromatic rings. The van der Waals surface area contributed by atoms with Crippen molar-refractivity contribution in [2.24, 2.45) is 0 Å². The van der Waals surface area contributed by atoms with E-state index in [9.17, 15) is 13.2 Å². The van der Waals surface area contributed by atoms with Gasteiger partial charge in [0.15, 0.2) is 9.84 Å². The van der Waals surface area contributed by atoms with Crippen LogP contribution in [0.1, 0.15) is 32.7 Å². The number of amides is 1. The molecule has 0 bridgehead atoms. The molecule has 0 radical (unpaired) electrons. The predicted molar refractivity (Wildman–Crippen MR) is 113 cm³/mol. The molecule has 1 aliphatic heterocycles. The van der Waals surface area contributed by atoms with E-state index < -0.39 is 15.1 Å². The zero-order valence-corrected chi connectivity index (χ0v) is 18.1. The van der Waals surface area contributed by atoms with E-state index in [1.807, 2.05) is 23.6 Å². The Kier molecular flexibility index (Phi) is 5.50. The minimum absolute atomic E-state index is 0.0763. The summed E-state index contributed by atoms with van der Waals surface area (Å²) in [6, 6.07) is 10.8. The molecule has 1 fully saturated rings. The molecule has 2 aromatic heterocycles. The standard InChI is InChI=1S/C20H19ClN2O4S2/c1-13-18(19(22-27-13)14-5-2-3-6-15(14)21)20(24)23-9-8-17(16-7-4-11-28-16)29(25,26)12-10-23/h2-7,11,17H,8-10,12H2,1H3. The minimum atomic E-state index is -3.34. The Morgan fingerprint density at radius 2 is 2.03 bits per heavy atom. The Bertz CT molecular complexity index is 1140. The van der Waals surface area contributed by atoms with Crippen molar-refractivity contribution < 1.29 is 17.7 Å². The van der Waals surface area contributed by atoms with Crippen LogP contribution in [0, 0.1) is 6.92 Å². The van der Waals surface area contributed by atoms with Crippen LogP contribution in [0.3, 0.4) is 0 Å². The van der Waals surface area contributed by atoms with Crippen LogP contribution in [0.5, 0.6) is 0 Å². The molecule has 1 atom stereocenters. The molecule has 0 spiro atoms. The van der Waals surface area contributed by atoms with Crippen molar-refractivity contribution in [3.63, 3.8) is 0 Å². The summed E-state index contributed by atoms with van der Waals surface area (Å²) in [5, 5.41) is 5.80. The lowest BCUT2D eigenvalue weighted by atomic mass is 10.0. The number of rotatable bonds is 3. The van der Waals surface area contributed by atoms with E-state index in [1.54, 1.807) is 30.0 Å². The lowest BCUT2D eigenvalue weighted by Crippen LogP contribution is -2.34. The summed E-state index contributed by atoms with van der Waals surface area (Å²) < 4.78 is 30.8. The number of carbonyl (C=O) groups is 1. The first kappa shape index (κ1) is 20.1. The van der Waals surface area contributed by atoms with Crippen molar-refractivity contribution in [2.75, 3.05) is 18.8 Å².